The number of rotatable bonds is 7. The lowest BCUT2D eigenvalue weighted by Gasteiger charge is -2.27. The third-order valence-electron chi connectivity index (χ3n) is 3.47. The summed E-state index contributed by atoms with van der Waals surface area (Å²) < 4.78 is 2.31. The number of hydrogen-bond donors (Lipinski definition) is 2. The van der Waals surface area contributed by atoms with Gasteiger partial charge in [0.05, 0.1) is 5.60 Å². The van der Waals surface area contributed by atoms with Crippen LogP contribution in [0.1, 0.15) is 30.8 Å². The fraction of sp³-hybridized carbons (Fsp3) is 0.733. The van der Waals surface area contributed by atoms with Gasteiger partial charge < -0.3 is 19.9 Å². The van der Waals surface area contributed by atoms with Crippen LogP contribution in [0.25, 0.3) is 0 Å². The van der Waals surface area contributed by atoms with Gasteiger partial charge in [0.15, 0.2) is 0 Å². The van der Waals surface area contributed by atoms with E-state index in [2.05, 4.69) is 36.7 Å². The summed E-state index contributed by atoms with van der Waals surface area (Å²) in [6, 6.07) is 2.23. The zero-order chi connectivity index (χ0) is 14.6. The third kappa shape index (κ3) is 4.64. The molecule has 1 unspecified atom stereocenters. The summed E-state index contributed by atoms with van der Waals surface area (Å²) in [4.78, 5) is 2.00. The second-order valence-electron chi connectivity index (χ2n) is 5.98. The molecule has 1 aromatic heterocycles. The van der Waals surface area contributed by atoms with Crippen LogP contribution < -0.4 is 5.32 Å². The van der Waals surface area contributed by atoms with E-state index in [1.807, 2.05) is 25.9 Å². The van der Waals surface area contributed by atoms with Crippen LogP contribution in [0.2, 0.25) is 0 Å². The molecule has 0 spiro atoms. The van der Waals surface area contributed by atoms with E-state index in [0.717, 1.165) is 13.1 Å². The zero-order valence-electron chi connectivity index (χ0n) is 13.2. The van der Waals surface area contributed by atoms with E-state index in [4.69, 9.17) is 0 Å². The van der Waals surface area contributed by atoms with Gasteiger partial charge in [-0.05, 0) is 53.4 Å². The Kier molecular flexibility index (Phi) is 5.59. The van der Waals surface area contributed by atoms with E-state index in [0.29, 0.717) is 13.1 Å². The predicted octanol–water partition coefficient (Wildman–Crippen LogP) is 1.53. The molecule has 0 radical (unpaired) electrons. The standard InChI is InChI=1S/C15H29N3O/c1-7-18-12(2)8-14(13(18)3)9-16-10-15(4,19)11-17(5)6/h8,16,19H,7,9-11H2,1-6H3. The van der Waals surface area contributed by atoms with Crippen molar-refractivity contribution in [2.75, 3.05) is 27.2 Å². The smallest absolute Gasteiger partial charge is 0.0869 e. The summed E-state index contributed by atoms with van der Waals surface area (Å²) in [5.41, 5.74) is 3.25. The van der Waals surface area contributed by atoms with E-state index in [1.165, 1.54) is 17.0 Å². The van der Waals surface area contributed by atoms with Crippen molar-refractivity contribution in [3.8, 4) is 0 Å². The largest absolute Gasteiger partial charge is 0.388 e. The summed E-state index contributed by atoms with van der Waals surface area (Å²) >= 11 is 0. The minimum absolute atomic E-state index is 0.598. The average Bonchev–Trinajstić information content (AvgIpc) is 2.51. The van der Waals surface area contributed by atoms with E-state index < -0.39 is 5.60 Å². The van der Waals surface area contributed by atoms with Crippen LogP contribution in [-0.4, -0.2) is 47.4 Å². The van der Waals surface area contributed by atoms with Gasteiger partial charge in [0.1, 0.15) is 0 Å². The van der Waals surface area contributed by atoms with Gasteiger partial charge in [-0.2, -0.15) is 0 Å². The van der Waals surface area contributed by atoms with Crippen molar-refractivity contribution in [3.05, 3.63) is 23.0 Å². The monoisotopic (exact) mass is 267 g/mol. The molecule has 19 heavy (non-hydrogen) atoms. The molecule has 0 amide bonds. The minimum atomic E-state index is -0.695. The van der Waals surface area contributed by atoms with Gasteiger partial charge in [-0.1, -0.05) is 0 Å². The predicted molar refractivity (Wildman–Crippen MR) is 80.5 cm³/mol. The SMILES string of the molecule is CCn1c(C)cc(CNCC(C)(O)CN(C)C)c1C. The molecule has 110 valence electrons. The van der Waals surface area contributed by atoms with Gasteiger partial charge in [0.25, 0.3) is 0 Å². The van der Waals surface area contributed by atoms with Crippen LogP contribution >= 0.6 is 0 Å². The van der Waals surface area contributed by atoms with Crippen LogP contribution in [0.15, 0.2) is 6.07 Å². The number of aromatic nitrogens is 1. The maximum Gasteiger partial charge on any atom is 0.0869 e. The Hall–Kier alpha value is -0.840. The number of aryl methyl sites for hydroxylation is 1. The summed E-state index contributed by atoms with van der Waals surface area (Å²) in [6.45, 7) is 11.4. The third-order valence-corrected chi connectivity index (χ3v) is 3.47. The van der Waals surface area contributed by atoms with Gasteiger partial charge in [-0.25, -0.2) is 0 Å². The zero-order valence-corrected chi connectivity index (χ0v) is 13.2. The van der Waals surface area contributed by atoms with Gasteiger partial charge in [-0.15, -0.1) is 0 Å². The fourth-order valence-electron chi connectivity index (χ4n) is 2.74. The number of nitrogens with zero attached hydrogens (tertiary/aromatic N) is 2. The summed E-state index contributed by atoms with van der Waals surface area (Å²) in [5, 5.41) is 13.6. The lowest BCUT2D eigenvalue weighted by Crippen LogP contribution is -2.45. The number of nitrogens with one attached hydrogen (secondary N) is 1. The van der Waals surface area contributed by atoms with Crippen LogP contribution in [0.3, 0.4) is 0 Å². The molecule has 1 rings (SSSR count). The topological polar surface area (TPSA) is 40.4 Å². The molecule has 0 saturated carbocycles. The maximum absolute atomic E-state index is 10.2. The van der Waals surface area contributed by atoms with E-state index in [-0.39, 0.29) is 0 Å². The molecule has 1 aromatic rings. The van der Waals surface area contributed by atoms with Gasteiger partial charge in [0, 0.05) is 37.6 Å². The Morgan fingerprint density at radius 1 is 1.37 bits per heavy atom. The molecule has 4 heteroatoms. The van der Waals surface area contributed by atoms with Gasteiger partial charge in [-0.3, -0.25) is 0 Å². The van der Waals surface area contributed by atoms with Crippen molar-refractivity contribution >= 4 is 0 Å². The molecule has 1 atom stereocenters. The highest BCUT2D eigenvalue weighted by Gasteiger charge is 2.20. The van der Waals surface area contributed by atoms with E-state index >= 15 is 0 Å². The highest BCUT2D eigenvalue weighted by molar-refractivity contribution is 5.26. The van der Waals surface area contributed by atoms with Crippen molar-refractivity contribution < 1.29 is 5.11 Å². The average molecular weight is 267 g/mol. The quantitative estimate of drug-likeness (QED) is 0.787. The molecule has 4 nitrogen and oxygen atoms in total. The second kappa shape index (κ2) is 6.55. The molecule has 0 fully saturated rings. The van der Waals surface area contributed by atoms with E-state index in [9.17, 15) is 5.11 Å². The molecule has 0 aromatic carbocycles. The van der Waals surface area contributed by atoms with Crippen molar-refractivity contribution in [2.45, 2.75) is 46.4 Å². The van der Waals surface area contributed by atoms with Crippen LogP contribution in [0, 0.1) is 13.8 Å². The number of likely N-dealkylation sites (N-methyl/N-ethyl adjacent to an activating group) is 1. The molecular weight excluding hydrogens is 238 g/mol. The first-order valence-corrected chi connectivity index (χ1v) is 7.00. The summed E-state index contributed by atoms with van der Waals surface area (Å²) in [7, 11) is 3.95. The van der Waals surface area contributed by atoms with E-state index in [1.54, 1.807) is 0 Å². The number of hydrogen-bond acceptors (Lipinski definition) is 3. The molecule has 0 aliphatic carbocycles. The minimum Gasteiger partial charge on any atom is -0.388 e. The molecule has 1 heterocycles. The molecule has 0 aliphatic heterocycles. The first kappa shape index (κ1) is 16.2. The van der Waals surface area contributed by atoms with Crippen LogP contribution in [0.5, 0.6) is 0 Å². The molecule has 0 saturated heterocycles. The Morgan fingerprint density at radius 2 is 2.00 bits per heavy atom. The maximum atomic E-state index is 10.2. The van der Waals surface area contributed by atoms with Crippen molar-refractivity contribution in [1.29, 1.82) is 0 Å². The fourth-order valence-corrected chi connectivity index (χ4v) is 2.74. The van der Waals surface area contributed by atoms with Gasteiger partial charge in [0.2, 0.25) is 0 Å². The first-order valence-electron chi connectivity index (χ1n) is 7.00. The lowest BCUT2D eigenvalue weighted by atomic mass is 10.1. The number of aliphatic hydroxyl groups is 1. The first-order chi connectivity index (χ1) is 8.76. The lowest BCUT2D eigenvalue weighted by molar-refractivity contribution is 0.0336. The Balaban J connectivity index is 2.54. The second-order valence-corrected chi connectivity index (χ2v) is 5.98. The highest BCUT2D eigenvalue weighted by atomic mass is 16.3. The normalized spacial score (nSPS) is 14.9. The van der Waals surface area contributed by atoms with Crippen LogP contribution in [0.4, 0.5) is 0 Å². The highest BCUT2D eigenvalue weighted by Crippen LogP contribution is 2.15. The Morgan fingerprint density at radius 3 is 2.47 bits per heavy atom. The molecule has 0 bridgehead atoms. The summed E-state index contributed by atoms with van der Waals surface area (Å²) in [6.07, 6.45) is 0. The Bertz CT molecular complexity index is 408. The van der Waals surface area contributed by atoms with Gasteiger partial charge >= 0.3 is 0 Å². The van der Waals surface area contributed by atoms with Crippen molar-refractivity contribution in [2.24, 2.45) is 0 Å². The van der Waals surface area contributed by atoms with Crippen molar-refractivity contribution in [1.82, 2.24) is 14.8 Å². The molecule has 0 aliphatic rings. The van der Waals surface area contributed by atoms with Crippen LogP contribution in [-0.2, 0) is 13.1 Å². The molecular formula is C15H29N3O. The summed E-state index contributed by atoms with van der Waals surface area (Å²) in [5.74, 6) is 0. The molecule has 2 N–H and O–H groups in total. The Labute approximate surface area is 117 Å². The van der Waals surface area contributed by atoms with Crippen molar-refractivity contribution in [3.63, 3.8) is 0 Å².